The van der Waals surface area contributed by atoms with Gasteiger partial charge in [-0.05, 0) is 54.2 Å². The molecule has 1 aromatic heterocycles. The van der Waals surface area contributed by atoms with Crippen molar-refractivity contribution in [3.8, 4) is 11.1 Å². The fraction of sp³-hybridized carbons (Fsp3) is 0.391. The number of aromatic nitrogens is 1. The van der Waals surface area contributed by atoms with Crippen molar-refractivity contribution < 1.29 is 22.4 Å². The summed E-state index contributed by atoms with van der Waals surface area (Å²) in [5.41, 5.74) is 1.98. The van der Waals surface area contributed by atoms with E-state index in [0.717, 1.165) is 30.5 Å². The third-order valence-electron chi connectivity index (χ3n) is 5.39. The number of fused-ring (bicyclic) bond motifs is 1. The summed E-state index contributed by atoms with van der Waals surface area (Å²) in [7, 11) is 0. The highest BCUT2D eigenvalue weighted by Crippen LogP contribution is 2.35. The van der Waals surface area contributed by atoms with Gasteiger partial charge in [-0.1, -0.05) is 32.0 Å². The molecule has 30 heavy (non-hydrogen) atoms. The number of hydrogen-bond donors (Lipinski definition) is 0. The van der Waals surface area contributed by atoms with Crippen LogP contribution in [0.1, 0.15) is 50.6 Å². The summed E-state index contributed by atoms with van der Waals surface area (Å²) in [5, 5.41) is 0. The molecule has 0 saturated carbocycles. The minimum atomic E-state index is -4.36. The van der Waals surface area contributed by atoms with E-state index >= 15 is 0 Å². The lowest BCUT2D eigenvalue weighted by Gasteiger charge is -2.23. The molecule has 1 fully saturated rings. The van der Waals surface area contributed by atoms with Gasteiger partial charge >= 0.3 is 6.18 Å². The minimum Gasteiger partial charge on any atom is -0.438 e. The molecule has 7 heteroatoms. The van der Waals surface area contributed by atoms with Gasteiger partial charge in [0.2, 0.25) is 11.8 Å². The van der Waals surface area contributed by atoms with Crippen LogP contribution in [-0.4, -0.2) is 22.3 Å². The first-order chi connectivity index (χ1) is 14.2. The average molecular weight is 416 g/mol. The number of alkyl halides is 3. The van der Waals surface area contributed by atoms with Crippen LogP contribution in [0.3, 0.4) is 0 Å². The number of oxazole rings is 1. The Hall–Kier alpha value is -2.83. The number of amides is 1. The lowest BCUT2D eigenvalue weighted by molar-refractivity contribution is -0.137. The summed E-state index contributed by atoms with van der Waals surface area (Å²) in [6.07, 6.45) is -2.15. The molecule has 2 aromatic carbocycles. The molecule has 4 nitrogen and oxygen atoms in total. The molecular weight excluding hydrogens is 393 g/mol. The summed E-state index contributed by atoms with van der Waals surface area (Å²) in [6, 6.07) is 10.3. The van der Waals surface area contributed by atoms with E-state index in [9.17, 15) is 18.0 Å². The van der Waals surface area contributed by atoms with Gasteiger partial charge in [0.15, 0.2) is 5.58 Å². The van der Waals surface area contributed by atoms with Crippen LogP contribution < -0.4 is 0 Å². The Labute approximate surface area is 172 Å². The molecule has 3 aromatic rings. The number of rotatable bonds is 4. The van der Waals surface area contributed by atoms with Crippen LogP contribution in [0, 0.1) is 5.92 Å². The maximum atomic E-state index is 12.8. The molecule has 1 saturated heterocycles. The molecule has 0 N–H and O–H groups in total. The van der Waals surface area contributed by atoms with E-state index in [1.807, 2.05) is 18.7 Å². The summed E-state index contributed by atoms with van der Waals surface area (Å²) in [4.78, 5) is 19.0. The SMILES string of the molecule is CC(C)CC(=O)N1CCC[C@H]1c1nc2cc(-c3ccc(C(F)(F)F)cc3)ccc2o1. The van der Waals surface area contributed by atoms with Crippen LogP contribution in [0.15, 0.2) is 46.9 Å². The lowest BCUT2D eigenvalue weighted by atomic mass is 10.0. The van der Waals surface area contributed by atoms with Crippen LogP contribution in [0.5, 0.6) is 0 Å². The highest BCUT2D eigenvalue weighted by molar-refractivity contribution is 5.81. The van der Waals surface area contributed by atoms with Crippen molar-refractivity contribution in [1.29, 1.82) is 0 Å². The number of benzene rings is 2. The molecule has 0 aliphatic carbocycles. The standard InChI is InChI=1S/C23H23F3N2O2/c1-14(2)12-21(29)28-11-3-4-19(28)22-27-18-13-16(7-10-20(18)30-22)15-5-8-17(9-6-15)23(24,25)26/h5-10,13-14,19H,3-4,11-12H2,1-2H3/t19-/m0/s1. The smallest absolute Gasteiger partial charge is 0.416 e. The molecule has 1 atom stereocenters. The van der Waals surface area contributed by atoms with E-state index in [1.165, 1.54) is 12.1 Å². The summed E-state index contributed by atoms with van der Waals surface area (Å²) >= 11 is 0. The summed E-state index contributed by atoms with van der Waals surface area (Å²) < 4.78 is 44.3. The zero-order chi connectivity index (χ0) is 21.5. The number of hydrogen-bond acceptors (Lipinski definition) is 3. The molecule has 0 unspecified atom stereocenters. The molecule has 158 valence electrons. The Morgan fingerprint density at radius 3 is 2.53 bits per heavy atom. The van der Waals surface area contributed by atoms with Crippen molar-refractivity contribution in [2.24, 2.45) is 5.92 Å². The van der Waals surface area contributed by atoms with E-state index in [1.54, 1.807) is 18.2 Å². The van der Waals surface area contributed by atoms with Crippen LogP contribution in [0.25, 0.3) is 22.2 Å². The van der Waals surface area contributed by atoms with Gasteiger partial charge in [0.05, 0.1) is 5.56 Å². The first kappa shape index (κ1) is 20.4. The van der Waals surface area contributed by atoms with Gasteiger partial charge in [-0.2, -0.15) is 13.2 Å². The van der Waals surface area contributed by atoms with Gasteiger partial charge in [0, 0.05) is 13.0 Å². The number of likely N-dealkylation sites (tertiary alicyclic amines) is 1. The van der Waals surface area contributed by atoms with Crippen LogP contribution in [0.2, 0.25) is 0 Å². The van der Waals surface area contributed by atoms with Crippen LogP contribution in [0.4, 0.5) is 13.2 Å². The quantitative estimate of drug-likeness (QED) is 0.507. The number of carbonyl (C=O) groups excluding carboxylic acids is 1. The Kier molecular flexibility index (Phi) is 5.30. The first-order valence-electron chi connectivity index (χ1n) is 10.1. The van der Waals surface area contributed by atoms with Gasteiger partial charge in [-0.15, -0.1) is 0 Å². The van der Waals surface area contributed by atoms with Gasteiger partial charge in [0.25, 0.3) is 0 Å². The van der Waals surface area contributed by atoms with Crippen molar-refractivity contribution in [2.45, 2.75) is 45.3 Å². The van der Waals surface area contributed by atoms with Crippen molar-refractivity contribution in [3.63, 3.8) is 0 Å². The normalized spacial score (nSPS) is 17.3. The molecule has 0 bridgehead atoms. The lowest BCUT2D eigenvalue weighted by Crippen LogP contribution is -2.31. The van der Waals surface area contributed by atoms with Gasteiger partial charge in [0.1, 0.15) is 11.6 Å². The maximum absolute atomic E-state index is 12.8. The first-order valence-corrected chi connectivity index (χ1v) is 10.1. The second-order valence-electron chi connectivity index (χ2n) is 8.15. The van der Waals surface area contributed by atoms with E-state index in [2.05, 4.69) is 4.98 Å². The molecule has 2 heterocycles. The Morgan fingerprint density at radius 2 is 1.87 bits per heavy atom. The molecule has 1 amide bonds. The number of halogens is 3. The fourth-order valence-electron chi connectivity index (χ4n) is 3.91. The predicted molar refractivity (Wildman–Crippen MR) is 108 cm³/mol. The zero-order valence-electron chi connectivity index (χ0n) is 16.9. The maximum Gasteiger partial charge on any atom is 0.416 e. The second kappa shape index (κ2) is 7.78. The van der Waals surface area contributed by atoms with Gasteiger partial charge < -0.3 is 9.32 Å². The van der Waals surface area contributed by atoms with Gasteiger partial charge in [-0.25, -0.2) is 4.98 Å². The summed E-state index contributed by atoms with van der Waals surface area (Å²) in [6.45, 7) is 4.74. The van der Waals surface area contributed by atoms with Crippen molar-refractivity contribution in [1.82, 2.24) is 9.88 Å². The molecule has 4 rings (SSSR count). The van der Waals surface area contributed by atoms with E-state index in [4.69, 9.17) is 4.42 Å². The third-order valence-corrected chi connectivity index (χ3v) is 5.39. The predicted octanol–water partition coefficient (Wildman–Crippen LogP) is 6.22. The van der Waals surface area contributed by atoms with E-state index in [0.29, 0.717) is 35.5 Å². The monoisotopic (exact) mass is 416 g/mol. The van der Waals surface area contributed by atoms with Gasteiger partial charge in [-0.3, -0.25) is 4.79 Å². The third kappa shape index (κ3) is 4.06. The van der Waals surface area contributed by atoms with Crippen molar-refractivity contribution in [3.05, 3.63) is 53.9 Å². The van der Waals surface area contributed by atoms with E-state index < -0.39 is 11.7 Å². The molecule has 0 spiro atoms. The topological polar surface area (TPSA) is 46.3 Å². The second-order valence-corrected chi connectivity index (χ2v) is 8.15. The molecular formula is C23H23F3N2O2. The Bertz CT molecular complexity index is 1050. The number of nitrogens with zero attached hydrogens (tertiary/aromatic N) is 2. The highest BCUT2D eigenvalue weighted by atomic mass is 19.4. The minimum absolute atomic E-state index is 0.111. The Balaban J connectivity index is 1.60. The van der Waals surface area contributed by atoms with E-state index in [-0.39, 0.29) is 17.9 Å². The van der Waals surface area contributed by atoms with Crippen molar-refractivity contribution >= 4 is 17.0 Å². The average Bonchev–Trinajstić information content (AvgIpc) is 3.33. The molecule has 1 aliphatic rings. The largest absolute Gasteiger partial charge is 0.438 e. The zero-order valence-corrected chi connectivity index (χ0v) is 16.9. The van der Waals surface area contributed by atoms with Crippen molar-refractivity contribution in [2.75, 3.05) is 6.54 Å². The summed E-state index contributed by atoms with van der Waals surface area (Å²) in [5.74, 6) is 0.915. The molecule has 0 radical (unpaired) electrons. The molecule has 1 aliphatic heterocycles. The number of carbonyl (C=O) groups is 1. The fourth-order valence-corrected chi connectivity index (χ4v) is 3.91. The Morgan fingerprint density at radius 1 is 1.17 bits per heavy atom. The van der Waals surface area contributed by atoms with Crippen LogP contribution >= 0.6 is 0 Å². The van der Waals surface area contributed by atoms with Crippen LogP contribution in [-0.2, 0) is 11.0 Å². The highest BCUT2D eigenvalue weighted by Gasteiger charge is 2.33.